The second-order valence-corrected chi connectivity index (χ2v) is 5.85. The molecule has 2 aromatic carbocycles. The number of benzene rings is 2. The average Bonchev–Trinajstić information content (AvgIpc) is 2.63. The van der Waals surface area contributed by atoms with Gasteiger partial charge in [-0.15, -0.1) is 0 Å². The van der Waals surface area contributed by atoms with Gasteiger partial charge in [0.15, 0.2) is 0 Å². The van der Waals surface area contributed by atoms with Gasteiger partial charge in [-0.1, -0.05) is 18.2 Å². The molecule has 0 aromatic heterocycles. The number of aliphatic carboxylic acids is 1. The van der Waals surface area contributed by atoms with Crippen molar-refractivity contribution >= 4 is 11.9 Å². The van der Waals surface area contributed by atoms with E-state index in [-0.39, 0.29) is 5.91 Å². The molecular formula is C19H18NO5-. The van der Waals surface area contributed by atoms with Gasteiger partial charge in [0.05, 0.1) is 26.2 Å². The molecule has 0 radical (unpaired) electrons. The minimum Gasteiger partial charge on any atom is -0.549 e. The van der Waals surface area contributed by atoms with Gasteiger partial charge in [-0.3, -0.25) is 4.79 Å². The van der Waals surface area contributed by atoms with Crippen molar-refractivity contribution in [3.05, 3.63) is 59.2 Å². The third kappa shape index (κ3) is 2.69. The summed E-state index contributed by atoms with van der Waals surface area (Å²) in [7, 11) is 4.60. The van der Waals surface area contributed by atoms with E-state index >= 15 is 0 Å². The number of carbonyl (C=O) groups is 2. The van der Waals surface area contributed by atoms with Crippen LogP contribution in [0.5, 0.6) is 11.5 Å². The van der Waals surface area contributed by atoms with E-state index in [0.29, 0.717) is 28.2 Å². The maximum absolute atomic E-state index is 12.8. The second kappa shape index (κ2) is 6.47. The van der Waals surface area contributed by atoms with Crippen molar-refractivity contribution in [2.45, 2.75) is 12.0 Å². The number of rotatable bonds is 4. The largest absolute Gasteiger partial charge is 0.549 e. The minimum absolute atomic E-state index is 0.247. The minimum atomic E-state index is -1.25. The Hall–Kier alpha value is -3.02. The van der Waals surface area contributed by atoms with E-state index in [1.54, 1.807) is 49.5 Å². The van der Waals surface area contributed by atoms with Crippen LogP contribution in [0, 0.1) is 0 Å². The van der Waals surface area contributed by atoms with Crippen molar-refractivity contribution in [3.8, 4) is 11.5 Å². The lowest BCUT2D eigenvalue weighted by atomic mass is 9.80. The van der Waals surface area contributed by atoms with E-state index in [1.165, 1.54) is 19.1 Å². The van der Waals surface area contributed by atoms with Crippen LogP contribution in [-0.2, 0) is 4.79 Å². The van der Waals surface area contributed by atoms with Crippen LogP contribution in [0.3, 0.4) is 0 Å². The fourth-order valence-corrected chi connectivity index (χ4v) is 3.39. The molecule has 0 saturated heterocycles. The van der Waals surface area contributed by atoms with Crippen LogP contribution in [0.1, 0.15) is 33.4 Å². The van der Waals surface area contributed by atoms with Crippen LogP contribution in [0.2, 0.25) is 0 Å². The average molecular weight is 340 g/mol. The molecule has 1 aliphatic heterocycles. The Morgan fingerprint density at radius 2 is 1.80 bits per heavy atom. The number of amides is 1. The van der Waals surface area contributed by atoms with Gasteiger partial charge in [-0.2, -0.15) is 0 Å². The van der Waals surface area contributed by atoms with Crippen LogP contribution >= 0.6 is 0 Å². The molecule has 25 heavy (non-hydrogen) atoms. The van der Waals surface area contributed by atoms with Crippen molar-refractivity contribution in [2.24, 2.45) is 0 Å². The van der Waals surface area contributed by atoms with Crippen LogP contribution < -0.4 is 14.6 Å². The molecule has 1 aliphatic rings. The zero-order valence-electron chi connectivity index (χ0n) is 14.2. The van der Waals surface area contributed by atoms with E-state index in [1.807, 2.05) is 0 Å². The van der Waals surface area contributed by atoms with Gasteiger partial charge in [0.25, 0.3) is 5.91 Å². The maximum atomic E-state index is 12.8. The van der Waals surface area contributed by atoms with Gasteiger partial charge in [-0.25, -0.2) is 0 Å². The maximum Gasteiger partial charge on any atom is 0.254 e. The molecule has 0 bridgehead atoms. The fraction of sp³-hybridized carbons (Fsp3) is 0.263. The Morgan fingerprint density at radius 1 is 1.08 bits per heavy atom. The smallest absolute Gasteiger partial charge is 0.254 e. The Morgan fingerprint density at radius 3 is 2.44 bits per heavy atom. The zero-order valence-corrected chi connectivity index (χ0v) is 14.2. The topological polar surface area (TPSA) is 78.9 Å². The first-order chi connectivity index (χ1) is 12.0. The van der Waals surface area contributed by atoms with Crippen molar-refractivity contribution in [3.63, 3.8) is 0 Å². The molecule has 0 fully saturated rings. The number of ether oxygens (including phenoxy) is 2. The first kappa shape index (κ1) is 16.8. The third-order valence-electron chi connectivity index (χ3n) is 4.59. The van der Waals surface area contributed by atoms with Gasteiger partial charge >= 0.3 is 0 Å². The molecule has 1 amide bonds. The number of carboxylic acids is 1. The number of fused-ring (bicyclic) bond motifs is 1. The number of carboxylic acid groups (broad SMARTS) is 1. The van der Waals surface area contributed by atoms with Gasteiger partial charge in [0.2, 0.25) is 0 Å². The molecule has 0 aliphatic carbocycles. The summed E-state index contributed by atoms with van der Waals surface area (Å²) in [6.45, 7) is 0. The Bertz CT molecular complexity index is 832. The highest BCUT2D eigenvalue weighted by molar-refractivity contribution is 6.00. The molecule has 0 spiro atoms. The number of carbonyl (C=O) groups excluding carboxylic acids is 2. The van der Waals surface area contributed by atoms with E-state index in [9.17, 15) is 14.7 Å². The molecule has 0 saturated carbocycles. The highest BCUT2D eigenvalue weighted by Crippen LogP contribution is 2.45. The van der Waals surface area contributed by atoms with Crippen molar-refractivity contribution in [1.29, 1.82) is 0 Å². The number of hydrogen-bond donors (Lipinski definition) is 0. The van der Waals surface area contributed by atoms with Crippen LogP contribution in [0.25, 0.3) is 0 Å². The van der Waals surface area contributed by atoms with Gasteiger partial charge in [0, 0.05) is 24.1 Å². The molecule has 3 rings (SSSR count). The zero-order chi connectivity index (χ0) is 18.1. The lowest BCUT2D eigenvalue weighted by molar-refractivity contribution is -0.309. The highest BCUT2D eigenvalue weighted by Gasteiger charge is 2.40. The molecule has 130 valence electrons. The van der Waals surface area contributed by atoms with Crippen molar-refractivity contribution in [2.75, 3.05) is 21.3 Å². The van der Waals surface area contributed by atoms with Crippen molar-refractivity contribution in [1.82, 2.24) is 4.90 Å². The summed E-state index contributed by atoms with van der Waals surface area (Å²) in [5, 5.41) is 12.0. The summed E-state index contributed by atoms with van der Waals surface area (Å²) in [6, 6.07) is 11.0. The monoisotopic (exact) mass is 340 g/mol. The predicted octanol–water partition coefficient (Wildman–Crippen LogP) is 1.36. The lowest BCUT2D eigenvalue weighted by Gasteiger charge is -2.41. The standard InChI is InChI=1S/C19H19NO5/c1-20-17(14-10-11(24-2)8-9-15(14)25-3)16(19(22)23)12-6-4-5-7-13(12)18(20)21/h4-10,16-17H,1-3H3,(H,22,23)/p-1. The molecule has 1 heterocycles. The van der Waals surface area contributed by atoms with Crippen LogP contribution in [0.15, 0.2) is 42.5 Å². The number of likely N-dealkylation sites (N-methyl/N-ethyl adjacent to an activating group) is 1. The van der Waals surface area contributed by atoms with Gasteiger partial charge in [0.1, 0.15) is 11.5 Å². The molecule has 2 atom stereocenters. The molecular weight excluding hydrogens is 322 g/mol. The highest BCUT2D eigenvalue weighted by atomic mass is 16.5. The molecule has 2 unspecified atom stereocenters. The predicted molar refractivity (Wildman–Crippen MR) is 88.6 cm³/mol. The van der Waals surface area contributed by atoms with E-state index < -0.39 is 17.9 Å². The lowest BCUT2D eigenvalue weighted by Crippen LogP contribution is -2.46. The van der Waals surface area contributed by atoms with Crippen molar-refractivity contribution < 1.29 is 24.2 Å². The number of nitrogens with zero attached hydrogens (tertiary/aromatic N) is 1. The van der Waals surface area contributed by atoms with Crippen LogP contribution in [-0.4, -0.2) is 38.0 Å². The van der Waals surface area contributed by atoms with E-state index in [2.05, 4.69) is 0 Å². The summed E-state index contributed by atoms with van der Waals surface area (Å²) in [6.07, 6.45) is 0. The normalized spacial score (nSPS) is 19.3. The summed E-state index contributed by atoms with van der Waals surface area (Å²) in [4.78, 5) is 26.2. The number of methoxy groups -OCH3 is 2. The molecule has 2 aromatic rings. The van der Waals surface area contributed by atoms with Gasteiger partial charge < -0.3 is 24.3 Å². The SMILES string of the molecule is COc1ccc(OC)c(C2C(C(=O)[O-])c3ccccc3C(=O)N2C)c1. The first-order valence-corrected chi connectivity index (χ1v) is 7.78. The summed E-state index contributed by atoms with van der Waals surface area (Å²) in [5.41, 5.74) is 1.37. The van der Waals surface area contributed by atoms with E-state index in [4.69, 9.17) is 9.47 Å². The van der Waals surface area contributed by atoms with E-state index in [0.717, 1.165) is 0 Å². The fourth-order valence-electron chi connectivity index (χ4n) is 3.39. The van der Waals surface area contributed by atoms with Gasteiger partial charge in [-0.05, 0) is 29.8 Å². The third-order valence-corrected chi connectivity index (χ3v) is 4.59. The Labute approximate surface area is 145 Å². The second-order valence-electron chi connectivity index (χ2n) is 5.85. The molecule has 6 heteroatoms. The molecule has 0 N–H and O–H groups in total. The summed E-state index contributed by atoms with van der Waals surface area (Å²) >= 11 is 0. The van der Waals surface area contributed by atoms with Crippen LogP contribution in [0.4, 0.5) is 0 Å². The first-order valence-electron chi connectivity index (χ1n) is 7.78. The Balaban J connectivity index is 2.24. The summed E-state index contributed by atoms with van der Waals surface area (Å²) in [5.74, 6) is -1.48. The summed E-state index contributed by atoms with van der Waals surface area (Å²) < 4.78 is 10.6. The quantitative estimate of drug-likeness (QED) is 0.840. The number of hydrogen-bond acceptors (Lipinski definition) is 5. The Kier molecular flexibility index (Phi) is 4.35. The molecule has 6 nitrogen and oxygen atoms in total.